The van der Waals surface area contributed by atoms with Gasteiger partial charge in [-0.1, -0.05) is 400 Å². The highest BCUT2D eigenvalue weighted by Crippen LogP contribution is 2.71. The molecule has 1 saturated heterocycles. The third-order valence-corrected chi connectivity index (χ3v) is 27.6. The van der Waals surface area contributed by atoms with Gasteiger partial charge in [-0.25, -0.2) is 19.9 Å². The fourth-order valence-electron chi connectivity index (χ4n) is 22.0. The Morgan fingerprint density at radius 1 is 0.213 bits per heavy atom. The van der Waals surface area contributed by atoms with E-state index in [2.05, 4.69) is 383 Å². The predicted molar refractivity (Wildman–Crippen MR) is 495 cm³/mol. The van der Waals surface area contributed by atoms with Crippen LogP contribution in [0, 0.1) is 0 Å². The molecule has 3 heterocycles. The Kier molecular flexibility index (Phi) is 16.8. The standard InChI is InChI=1S/C54H34N2.C44H35BO2.C16H11ClN2/c1-3-18-35(19-4-1)49-34-50(36-20-5-2-6-21-36)56-52(55-49)41-26-17-33-48-51(41)54(44-29-13-9-24-39(44)40-25-10-14-30-45(40)54)47-32-16-15-31-46(47)53(48)42-27-11-7-22-37(42)38-23-8-12-28-43(38)53;1-41(2)42(3,4)47-45(46-41)39-27-15-26-38-40(39)44(34-22-11-7-18-30(34)31-19-8-12-23-35(31)44)37-25-14-13-24-36(37)43(38)32-20-9-5-16-28(32)29-17-6-10-21-33(29)43;17-16-18-14(12-7-3-1-4-8-12)11-15(19-16)13-9-5-2-6-10-13/h1-34H;5-27H,1-4H3;1-11H. The molecular weight excluding hydrogens is 1500 g/mol. The van der Waals surface area contributed by atoms with Crippen LogP contribution in [-0.2, 0) is 31.0 Å². The van der Waals surface area contributed by atoms with Gasteiger partial charge in [0.05, 0.1) is 55.6 Å². The average molecular weight is 1580 g/mol. The SMILES string of the molecule is CC1(C)OB(c2cccc3c2C2(c4ccccc4-c4ccccc42)c2ccccc2C32c3ccccc3-c3ccccc32)OC1(C)C.Clc1nc(-c2ccccc2)cc(-c2ccccc2)n1.c1ccc(-c2cc(-c3ccccc3)nc(-c3cccc4c3C3(c5ccccc5-c5ccccc53)c3ccccc3C43c4ccccc4-c4ccccc43)n2)cc1. The van der Waals surface area contributed by atoms with Gasteiger partial charge in [-0.3, -0.25) is 0 Å². The highest BCUT2D eigenvalue weighted by Gasteiger charge is 2.64. The van der Waals surface area contributed by atoms with Crippen molar-refractivity contribution in [1.29, 1.82) is 0 Å². The van der Waals surface area contributed by atoms with E-state index in [0.29, 0.717) is 0 Å². The minimum atomic E-state index is -0.646. The molecule has 2 aromatic heterocycles. The van der Waals surface area contributed by atoms with Crippen molar-refractivity contribution < 1.29 is 9.31 Å². The monoisotopic (exact) mass is 1580 g/mol. The van der Waals surface area contributed by atoms with Gasteiger partial charge in [0.15, 0.2) is 5.82 Å². The maximum atomic E-state index is 6.95. The van der Waals surface area contributed by atoms with Gasteiger partial charge >= 0.3 is 7.12 Å². The van der Waals surface area contributed by atoms with E-state index < -0.39 is 40.0 Å². The van der Waals surface area contributed by atoms with E-state index in [-0.39, 0.29) is 5.28 Å². The van der Waals surface area contributed by atoms with E-state index in [9.17, 15) is 0 Å². The molecule has 25 rings (SSSR count). The van der Waals surface area contributed by atoms with Crippen LogP contribution in [0.4, 0.5) is 0 Å². The Bertz CT molecular complexity index is 6950. The highest BCUT2D eigenvalue weighted by molar-refractivity contribution is 6.63. The van der Waals surface area contributed by atoms with Crippen LogP contribution in [0.25, 0.3) is 101 Å². The number of aromatic nitrogens is 4. The summed E-state index contributed by atoms with van der Waals surface area (Å²) in [4.78, 5) is 19.6. The zero-order valence-electron chi connectivity index (χ0n) is 67.8. The lowest BCUT2D eigenvalue weighted by atomic mass is 9.49. The Balaban J connectivity index is 0.000000118. The van der Waals surface area contributed by atoms with E-state index in [1.54, 1.807) is 0 Å². The molecule has 1 fully saturated rings. The maximum Gasteiger partial charge on any atom is 0.495 e. The van der Waals surface area contributed by atoms with Crippen LogP contribution >= 0.6 is 11.6 Å². The molecule has 8 heteroatoms. The van der Waals surface area contributed by atoms with Crippen LogP contribution < -0.4 is 5.46 Å². The predicted octanol–water partition coefficient (Wildman–Crippen LogP) is 26.0. The Labute approximate surface area is 716 Å². The molecule has 4 spiro atoms. The summed E-state index contributed by atoms with van der Waals surface area (Å²) >= 11 is 6.03. The minimum absolute atomic E-state index is 0.264. The fourth-order valence-corrected chi connectivity index (χ4v) is 22.2. The molecule has 18 aromatic rings. The highest BCUT2D eigenvalue weighted by atomic mass is 35.5. The summed E-state index contributed by atoms with van der Waals surface area (Å²) in [5.41, 5.74) is 37.6. The number of nitrogens with zero attached hydrogens (tertiary/aromatic N) is 4. The zero-order chi connectivity index (χ0) is 81.7. The molecule has 0 unspecified atom stereocenters. The third kappa shape index (κ3) is 10.4. The van der Waals surface area contributed by atoms with Crippen LogP contribution in [0.5, 0.6) is 0 Å². The molecule has 578 valence electrons. The first-order chi connectivity index (χ1) is 59.9. The van der Waals surface area contributed by atoms with Crippen molar-refractivity contribution in [3.05, 3.63) is 507 Å². The number of fused-ring (bicyclic) bond motifs is 32. The van der Waals surface area contributed by atoms with Gasteiger partial charge in [-0.15, -0.1) is 0 Å². The minimum Gasteiger partial charge on any atom is -0.399 e. The molecule has 0 radical (unpaired) electrons. The molecule has 0 saturated carbocycles. The van der Waals surface area contributed by atoms with Crippen molar-refractivity contribution in [3.8, 4) is 101 Å². The first-order valence-corrected chi connectivity index (χ1v) is 42.6. The summed E-state index contributed by atoms with van der Waals surface area (Å²) in [6.07, 6.45) is 0. The summed E-state index contributed by atoms with van der Waals surface area (Å²) in [7, 11) is -0.527. The van der Waals surface area contributed by atoms with Gasteiger partial charge < -0.3 is 9.31 Å². The van der Waals surface area contributed by atoms with Gasteiger partial charge in [-0.05, 0) is 190 Å². The van der Waals surface area contributed by atoms with Crippen molar-refractivity contribution in [1.82, 2.24) is 19.9 Å². The first-order valence-electron chi connectivity index (χ1n) is 42.2. The van der Waals surface area contributed by atoms with Gasteiger partial charge in [0.25, 0.3) is 0 Å². The van der Waals surface area contributed by atoms with Crippen molar-refractivity contribution in [2.24, 2.45) is 0 Å². The van der Waals surface area contributed by atoms with E-state index in [0.717, 1.165) is 61.9 Å². The van der Waals surface area contributed by atoms with Gasteiger partial charge in [0.1, 0.15) is 0 Å². The lowest BCUT2D eigenvalue weighted by Crippen LogP contribution is -2.50. The molecular formula is C114H80BClN4O2. The summed E-state index contributed by atoms with van der Waals surface area (Å²) in [5, 5.41) is 0.264. The van der Waals surface area contributed by atoms with Crippen LogP contribution in [0.1, 0.15) is 117 Å². The van der Waals surface area contributed by atoms with Crippen LogP contribution in [-0.4, -0.2) is 38.3 Å². The summed E-state index contributed by atoms with van der Waals surface area (Å²) in [6.45, 7) is 8.61. The van der Waals surface area contributed by atoms with Crippen LogP contribution in [0.3, 0.4) is 0 Å². The quantitative estimate of drug-likeness (QED) is 0.122. The van der Waals surface area contributed by atoms with E-state index in [4.69, 9.17) is 30.9 Å². The molecule has 122 heavy (non-hydrogen) atoms. The fraction of sp³-hybridized carbons (Fsp3) is 0.0877. The number of benzene rings is 16. The smallest absolute Gasteiger partial charge is 0.399 e. The van der Waals surface area contributed by atoms with Crippen molar-refractivity contribution >= 4 is 24.2 Å². The number of hydrogen-bond acceptors (Lipinski definition) is 6. The summed E-state index contributed by atoms with van der Waals surface area (Å²) in [6, 6.07) is 150. The second kappa shape index (κ2) is 28.0. The van der Waals surface area contributed by atoms with Gasteiger partial charge in [-0.2, -0.15) is 0 Å². The van der Waals surface area contributed by atoms with E-state index >= 15 is 0 Å². The molecule has 0 amide bonds. The normalized spacial score (nSPS) is 15.6. The molecule has 0 atom stereocenters. The molecule has 1 aliphatic heterocycles. The van der Waals surface area contributed by atoms with Gasteiger partial charge in [0.2, 0.25) is 5.28 Å². The van der Waals surface area contributed by atoms with Crippen LogP contribution in [0.15, 0.2) is 413 Å². The number of halogens is 1. The Morgan fingerprint density at radius 3 is 0.746 bits per heavy atom. The largest absolute Gasteiger partial charge is 0.495 e. The second-order valence-corrected chi connectivity index (χ2v) is 34.2. The first kappa shape index (κ1) is 73.1. The van der Waals surface area contributed by atoms with Crippen molar-refractivity contribution in [3.63, 3.8) is 0 Å². The zero-order valence-corrected chi connectivity index (χ0v) is 68.6. The van der Waals surface area contributed by atoms with E-state index in [1.807, 2.05) is 66.7 Å². The lowest BCUT2D eigenvalue weighted by molar-refractivity contribution is 0.00578. The lowest BCUT2D eigenvalue weighted by Gasteiger charge is -2.49. The van der Waals surface area contributed by atoms with Gasteiger partial charge in [0, 0.05) is 27.8 Å². The summed E-state index contributed by atoms with van der Waals surface area (Å²) in [5.74, 6) is 0.720. The van der Waals surface area contributed by atoms with Crippen molar-refractivity contribution in [2.45, 2.75) is 60.6 Å². The average Bonchev–Trinajstić information content (AvgIpc) is 1.45. The van der Waals surface area contributed by atoms with Crippen LogP contribution in [0.2, 0.25) is 5.28 Å². The third-order valence-electron chi connectivity index (χ3n) is 27.4. The maximum absolute atomic E-state index is 6.95. The number of rotatable bonds is 6. The van der Waals surface area contributed by atoms with E-state index in [1.165, 1.54) is 134 Å². The molecule has 6 aliphatic carbocycles. The molecule has 0 bridgehead atoms. The number of hydrogen-bond donors (Lipinski definition) is 0. The molecule has 7 aliphatic rings. The second-order valence-electron chi connectivity index (χ2n) is 33.9. The molecule has 0 N–H and O–H groups in total. The van der Waals surface area contributed by atoms with Crippen molar-refractivity contribution in [2.75, 3.05) is 0 Å². The summed E-state index contributed by atoms with van der Waals surface area (Å²) < 4.78 is 13.9. The Morgan fingerprint density at radius 2 is 0.434 bits per heavy atom. The topological polar surface area (TPSA) is 70.0 Å². The molecule has 16 aromatic carbocycles. The molecule has 6 nitrogen and oxygen atoms in total. The Hall–Kier alpha value is -14.0.